The molecule has 4 atom stereocenters. The molecule has 3 N–H and O–H groups in total. The van der Waals surface area contributed by atoms with Crippen LogP contribution in [0.2, 0.25) is 0 Å². The van der Waals surface area contributed by atoms with Crippen molar-refractivity contribution in [1.82, 2.24) is 15.3 Å². The number of aromatic nitrogens is 2. The zero-order valence-corrected chi connectivity index (χ0v) is 17.4. The van der Waals surface area contributed by atoms with Crippen LogP contribution < -0.4 is 10.6 Å². The van der Waals surface area contributed by atoms with Gasteiger partial charge in [0.25, 0.3) is 0 Å². The third kappa shape index (κ3) is 4.07. The molecule has 4 unspecified atom stereocenters. The van der Waals surface area contributed by atoms with Gasteiger partial charge in [-0.15, -0.1) is 0 Å². The Morgan fingerprint density at radius 2 is 2.17 bits per heavy atom. The van der Waals surface area contributed by atoms with Crippen molar-refractivity contribution in [3.63, 3.8) is 0 Å². The SMILES string of the molecule is CCCC(O)C1C=C(C)C(c2cc3cnc(NC(=O)C4CC4F)cc3nc2C)=CN1. The maximum absolute atomic E-state index is 13.1. The minimum atomic E-state index is -1.04. The predicted octanol–water partition coefficient (Wildman–Crippen LogP) is 3.65. The van der Waals surface area contributed by atoms with Gasteiger partial charge < -0.3 is 15.7 Å². The maximum Gasteiger partial charge on any atom is 0.231 e. The second kappa shape index (κ2) is 8.14. The Morgan fingerprint density at radius 3 is 2.83 bits per heavy atom. The van der Waals surface area contributed by atoms with E-state index in [1.54, 1.807) is 12.3 Å². The molecular formula is C23H27FN4O2. The standard InChI is InChI=1S/C23H27FN4O2/c1-4-5-21(29)20-6-12(2)17(11-25-20)15-7-14-10-26-22(9-19(14)27-13(15)3)28-23(30)16-8-18(16)24/h6-7,9-11,16,18,20-21,25,29H,4-5,8H2,1-3H3,(H,26,28,30). The largest absolute Gasteiger partial charge is 0.391 e. The fraction of sp³-hybridized carbons (Fsp3) is 0.435. The molecule has 30 heavy (non-hydrogen) atoms. The summed E-state index contributed by atoms with van der Waals surface area (Å²) in [5.41, 5.74) is 4.67. The lowest BCUT2D eigenvalue weighted by molar-refractivity contribution is -0.117. The maximum atomic E-state index is 13.1. The fourth-order valence-electron chi connectivity index (χ4n) is 3.85. The van der Waals surface area contributed by atoms with Gasteiger partial charge in [0, 0.05) is 40.7 Å². The number of halogens is 1. The molecule has 4 rings (SSSR count). The van der Waals surface area contributed by atoms with E-state index in [0.29, 0.717) is 5.82 Å². The van der Waals surface area contributed by atoms with E-state index in [-0.39, 0.29) is 18.4 Å². The number of aliphatic hydroxyl groups is 1. The first kappa shape index (κ1) is 20.5. The number of amides is 1. The molecular weight excluding hydrogens is 383 g/mol. The summed E-state index contributed by atoms with van der Waals surface area (Å²) < 4.78 is 13.1. The van der Waals surface area contributed by atoms with Crippen molar-refractivity contribution in [2.75, 3.05) is 5.32 Å². The number of alkyl halides is 1. The van der Waals surface area contributed by atoms with Crippen LogP contribution in [-0.4, -0.2) is 39.3 Å². The first-order chi connectivity index (χ1) is 14.4. The van der Waals surface area contributed by atoms with Gasteiger partial charge in [-0.3, -0.25) is 9.78 Å². The number of fused-ring (bicyclic) bond motifs is 1. The summed E-state index contributed by atoms with van der Waals surface area (Å²) in [5, 5.41) is 17.1. The van der Waals surface area contributed by atoms with Crippen LogP contribution in [-0.2, 0) is 4.79 Å². The first-order valence-electron chi connectivity index (χ1n) is 10.4. The summed E-state index contributed by atoms with van der Waals surface area (Å²) in [6, 6.07) is 3.65. The normalized spacial score (nSPS) is 24.0. The van der Waals surface area contributed by atoms with Crippen molar-refractivity contribution in [3.8, 4) is 0 Å². The lowest BCUT2D eigenvalue weighted by Crippen LogP contribution is -2.37. The number of hydrogen-bond donors (Lipinski definition) is 3. The summed E-state index contributed by atoms with van der Waals surface area (Å²) >= 11 is 0. The Labute approximate surface area is 175 Å². The van der Waals surface area contributed by atoms with E-state index in [1.165, 1.54) is 0 Å². The zero-order chi connectivity index (χ0) is 21.4. The van der Waals surface area contributed by atoms with Gasteiger partial charge in [-0.05, 0) is 38.3 Å². The van der Waals surface area contributed by atoms with Gasteiger partial charge in [-0.2, -0.15) is 0 Å². The summed E-state index contributed by atoms with van der Waals surface area (Å²) in [5.74, 6) is -0.505. The van der Waals surface area contributed by atoms with Crippen molar-refractivity contribution in [3.05, 3.63) is 47.4 Å². The molecule has 0 saturated heterocycles. The van der Waals surface area contributed by atoms with Crippen LogP contribution in [0.1, 0.15) is 44.4 Å². The summed E-state index contributed by atoms with van der Waals surface area (Å²) in [4.78, 5) is 20.9. The van der Waals surface area contributed by atoms with Gasteiger partial charge >= 0.3 is 0 Å². The average molecular weight is 410 g/mol. The van der Waals surface area contributed by atoms with Gasteiger partial charge in [-0.25, -0.2) is 9.37 Å². The minimum Gasteiger partial charge on any atom is -0.391 e. The summed E-state index contributed by atoms with van der Waals surface area (Å²) in [6.45, 7) is 6.04. The minimum absolute atomic E-state index is 0.0920. The molecule has 0 aromatic carbocycles. The van der Waals surface area contributed by atoms with Crippen molar-refractivity contribution in [2.24, 2.45) is 5.92 Å². The molecule has 2 aromatic heterocycles. The number of aliphatic hydroxyl groups excluding tert-OH is 1. The lowest BCUT2D eigenvalue weighted by Gasteiger charge is -2.26. The second-order valence-corrected chi connectivity index (χ2v) is 8.19. The Kier molecular flexibility index (Phi) is 5.56. The average Bonchev–Trinajstić information content (AvgIpc) is 3.44. The van der Waals surface area contributed by atoms with Gasteiger partial charge in [0.05, 0.1) is 23.6 Å². The highest BCUT2D eigenvalue weighted by Gasteiger charge is 2.43. The third-order valence-corrected chi connectivity index (χ3v) is 5.75. The van der Waals surface area contributed by atoms with E-state index >= 15 is 0 Å². The Bertz CT molecular complexity index is 1050. The molecule has 0 radical (unpaired) electrons. The van der Waals surface area contributed by atoms with Crippen LogP contribution in [0, 0.1) is 12.8 Å². The van der Waals surface area contributed by atoms with Gasteiger partial charge in [0.15, 0.2) is 0 Å². The van der Waals surface area contributed by atoms with E-state index in [2.05, 4.69) is 28.6 Å². The van der Waals surface area contributed by atoms with Crippen LogP contribution >= 0.6 is 0 Å². The van der Waals surface area contributed by atoms with Crippen LogP contribution in [0.4, 0.5) is 10.2 Å². The van der Waals surface area contributed by atoms with Crippen molar-refractivity contribution < 1.29 is 14.3 Å². The van der Waals surface area contributed by atoms with E-state index in [4.69, 9.17) is 4.98 Å². The molecule has 2 aromatic rings. The molecule has 158 valence electrons. The molecule has 2 aliphatic rings. The Hall–Kier alpha value is -2.80. The predicted molar refractivity (Wildman–Crippen MR) is 115 cm³/mol. The van der Waals surface area contributed by atoms with Gasteiger partial charge in [0.1, 0.15) is 12.0 Å². The molecule has 7 heteroatoms. The first-order valence-corrected chi connectivity index (χ1v) is 10.4. The number of carbonyl (C=O) groups is 1. The molecule has 3 heterocycles. The number of nitrogens with zero attached hydrogens (tertiary/aromatic N) is 2. The highest BCUT2D eigenvalue weighted by Crippen LogP contribution is 2.35. The second-order valence-electron chi connectivity index (χ2n) is 8.19. The number of nitrogens with one attached hydrogen (secondary N) is 2. The van der Waals surface area contributed by atoms with E-state index in [9.17, 15) is 14.3 Å². The van der Waals surface area contributed by atoms with Crippen LogP contribution in [0.5, 0.6) is 0 Å². The molecule has 1 aliphatic heterocycles. The number of allylic oxidation sites excluding steroid dienone is 2. The number of rotatable bonds is 6. The third-order valence-electron chi connectivity index (χ3n) is 5.75. The van der Waals surface area contributed by atoms with Crippen molar-refractivity contribution in [2.45, 2.75) is 58.4 Å². The summed E-state index contributed by atoms with van der Waals surface area (Å²) in [6.07, 6.45) is 6.19. The number of carbonyl (C=O) groups excluding carboxylic acids is 1. The Balaban J connectivity index is 1.57. The quantitative estimate of drug-likeness (QED) is 0.677. The number of aryl methyl sites for hydroxylation is 1. The molecule has 1 aliphatic carbocycles. The van der Waals surface area contributed by atoms with Crippen molar-refractivity contribution in [1.29, 1.82) is 0 Å². The molecule has 6 nitrogen and oxygen atoms in total. The summed E-state index contributed by atoms with van der Waals surface area (Å²) in [7, 11) is 0. The highest BCUT2D eigenvalue weighted by atomic mass is 19.1. The molecule has 0 bridgehead atoms. The van der Waals surface area contributed by atoms with E-state index < -0.39 is 18.2 Å². The number of dihydropyridines is 1. The fourth-order valence-corrected chi connectivity index (χ4v) is 3.85. The topological polar surface area (TPSA) is 87.1 Å². The van der Waals surface area contributed by atoms with Gasteiger partial charge in [0.2, 0.25) is 5.91 Å². The van der Waals surface area contributed by atoms with Crippen LogP contribution in [0.15, 0.2) is 36.2 Å². The van der Waals surface area contributed by atoms with E-state index in [1.807, 2.05) is 26.1 Å². The molecule has 1 amide bonds. The Morgan fingerprint density at radius 1 is 1.40 bits per heavy atom. The zero-order valence-electron chi connectivity index (χ0n) is 17.4. The number of hydrogen-bond acceptors (Lipinski definition) is 5. The molecule has 0 spiro atoms. The molecule has 1 fully saturated rings. The monoisotopic (exact) mass is 410 g/mol. The smallest absolute Gasteiger partial charge is 0.231 e. The van der Waals surface area contributed by atoms with Crippen molar-refractivity contribution >= 4 is 28.2 Å². The van der Waals surface area contributed by atoms with Crippen LogP contribution in [0.3, 0.4) is 0 Å². The van der Waals surface area contributed by atoms with Crippen LogP contribution in [0.25, 0.3) is 16.5 Å². The molecule has 1 saturated carbocycles. The number of anilines is 1. The van der Waals surface area contributed by atoms with Gasteiger partial charge in [-0.1, -0.05) is 19.4 Å². The van der Waals surface area contributed by atoms with E-state index in [0.717, 1.165) is 46.1 Å². The highest BCUT2D eigenvalue weighted by molar-refractivity contribution is 5.96. The number of pyridine rings is 2. The lowest BCUT2D eigenvalue weighted by atomic mass is 9.92.